The van der Waals surface area contributed by atoms with E-state index in [2.05, 4.69) is 63.2 Å². The van der Waals surface area contributed by atoms with Gasteiger partial charge in [-0.3, -0.25) is 0 Å². The first-order valence-electron chi connectivity index (χ1n) is 14.0. The van der Waals surface area contributed by atoms with Gasteiger partial charge in [0.15, 0.2) is 7.14 Å². The molecule has 0 N–H and O–H groups in total. The second kappa shape index (κ2) is 9.02. The lowest BCUT2D eigenvalue weighted by atomic mass is 10.1. The fraction of sp³-hybridized carbons (Fsp3) is 0. The van der Waals surface area contributed by atoms with Crippen LogP contribution in [0.15, 0.2) is 133 Å². The van der Waals surface area contributed by atoms with Crippen LogP contribution in [0.25, 0.3) is 0 Å². The van der Waals surface area contributed by atoms with Gasteiger partial charge in [-0.15, -0.1) is 0 Å². The molecule has 3 aliphatic rings. The highest BCUT2D eigenvalue weighted by molar-refractivity contribution is 7.87. The van der Waals surface area contributed by atoms with Crippen LogP contribution in [0.4, 0.5) is 51.2 Å². The summed E-state index contributed by atoms with van der Waals surface area (Å²) >= 11 is 13.9. The van der Waals surface area contributed by atoms with Crippen molar-refractivity contribution in [3.05, 3.63) is 144 Å². The summed E-state index contributed by atoms with van der Waals surface area (Å²) in [4.78, 5) is 6.58. The van der Waals surface area contributed by atoms with Crippen molar-refractivity contribution >= 4 is 97.4 Å². The Morgan fingerprint density at radius 3 is 1.05 bits per heavy atom. The molecule has 9 rings (SSSR count). The Morgan fingerprint density at radius 2 is 0.698 bits per heavy atom. The van der Waals surface area contributed by atoms with E-state index in [0.29, 0.717) is 10.0 Å². The van der Waals surface area contributed by atoms with Crippen LogP contribution in [-0.4, -0.2) is 0 Å². The van der Waals surface area contributed by atoms with Crippen molar-refractivity contribution in [2.75, 3.05) is 14.7 Å². The van der Waals surface area contributed by atoms with Gasteiger partial charge in [0.25, 0.3) is 0 Å². The maximum absolute atomic E-state index is 16.4. The Hall–Kier alpha value is -4.47. The summed E-state index contributed by atoms with van der Waals surface area (Å²) in [7, 11) is -3.44. The molecule has 3 heterocycles. The Balaban J connectivity index is 1.50. The minimum Gasteiger partial charge on any atom is -0.309 e. The summed E-state index contributed by atoms with van der Waals surface area (Å²) in [6.07, 6.45) is 0. The van der Waals surface area contributed by atoms with Crippen LogP contribution in [0.3, 0.4) is 0 Å². The van der Waals surface area contributed by atoms with Crippen LogP contribution >= 0.6 is 30.3 Å². The maximum atomic E-state index is 16.4. The fourth-order valence-corrected chi connectivity index (χ4v) is 11.0. The second-order valence-electron chi connectivity index (χ2n) is 10.9. The first kappa shape index (κ1) is 25.1. The van der Waals surface area contributed by atoms with Gasteiger partial charge in [0.2, 0.25) is 0 Å². The summed E-state index contributed by atoms with van der Waals surface area (Å²) in [5.74, 6) is 0. The minimum absolute atomic E-state index is 0.565. The average molecular weight is 614 g/mol. The third-order valence-electron chi connectivity index (χ3n) is 8.50. The van der Waals surface area contributed by atoms with Crippen molar-refractivity contribution in [1.29, 1.82) is 0 Å². The van der Waals surface area contributed by atoms with Crippen molar-refractivity contribution in [3.63, 3.8) is 0 Å². The Kier molecular flexibility index (Phi) is 5.26. The van der Waals surface area contributed by atoms with Gasteiger partial charge in [-0.2, -0.15) is 0 Å². The van der Waals surface area contributed by atoms with Crippen LogP contribution in [-0.2, 0) is 4.57 Å². The molecule has 6 aromatic carbocycles. The molecule has 206 valence electrons. The monoisotopic (exact) mass is 613 g/mol. The van der Waals surface area contributed by atoms with E-state index >= 15 is 4.57 Å². The SMILES string of the molecule is O=P12c3c4cccc3N(c3ccccc3)c3cc(Cl)cc(c31)N(c1ccccc1)c1cc(Cl)cc(c12)N4c1ccccc1. The van der Waals surface area contributed by atoms with Gasteiger partial charge in [0, 0.05) is 27.1 Å². The van der Waals surface area contributed by atoms with Crippen molar-refractivity contribution in [2.45, 2.75) is 0 Å². The molecule has 0 unspecified atom stereocenters. The number of rotatable bonds is 3. The van der Waals surface area contributed by atoms with E-state index in [1.807, 2.05) is 84.9 Å². The highest BCUT2D eigenvalue weighted by atomic mass is 35.5. The number of anilines is 9. The number of para-hydroxylation sites is 3. The van der Waals surface area contributed by atoms with E-state index in [4.69, 9.17) is 23.2 Å². The molecule has 0 fully saturated rings. The molecule has 7 heteroatoms. The van der Waals surface area contributed by atoms with Crippen molar-refractivity contribution in [1.82, 2.24) is 0 Å². The van der Waals surface area contributed by atoms with Gasteiger partial charge in [-0.1, -0.05) is 83.9 Å². The Labute approximate surface area is 259 Å². The van der Waals surface area contributed by atoms with Crippen molar-refractivity contribution < 1.29 is 4.57 Å². The van der Waals surface area contributed by atoms with E-state index in [1.54, 1.807) is 0 Å². The lowest BCUT2D eigenvalue weighted by Gasteiger charge is -2.49. The molecule has 6 aromatic rings. The third kappa shape index (κ3) is 3.32. The molecule has 0 bridgehead atoms. The molecule has 0 amide bonds. The minimum atomic E-state index is -3.44. The highest BCUT2D eigenvalue weighted by Crippen LogP contribution is 2.67. The first-order valence-corrected chi connectivity index (χ1v) is 16.5. The standard InChI is InChI=1S/C36H22Cl2N3OP/c37-23-19-30-35-32(21-23)41(27-15-8-3-9-16-27)33-22-24(38)20-31-36(33)43(35,42)34-28(39(30)25-11-4-1-5-12-25)17-10-18-29(34)40(31)26-13-6-2-7-14-26/h1-22H. The normalized spacial score (nSPS) is 14.9. The highest BCUT2D eigenvalue weighted by Gasteiger charge is 2.54. The van der Waals surface area contributed by atoms with Gasteiger partial charge in [0.1, 0.15) is 0 Å². The predicted octanol–water partition coefficient (Wildman–Crippen LogP) is 9.98. The number of hydrogen-bond donors (Lipinski definition) is 0. The number of hydrogen-bond acceptors (Lipinski definition) is 4. The second-order valence-corrected chi connectivity index (χ2v) is 14.3. The fourth-order valence-electron chi connectivity index (χ4n) is 6.96. The van der Waals surface area contributed by atoms with Crippen LogP contribution in [0, 0.1) is 0 Å². The smallest absolute Gasteiger partial charge is 0.183 e. The van der Waals surface area contributed by atoms with Crippen LogP contribution < -0.4 is 30.6 Å². The molecular weight excluding hydrogens is 592 g/mol. The summed E-state index contributed by atoms with van der Waals surface area (Å²) in [5, 5.41) is 3.52. The van der Waals surface area contributed by atoms with Crippen LogP contribution in [0.2, 0.25) is 10.0 Å². The number of nitrogens with zero attached hydrogens (tertiary/aromatic N) is 3. The third-order valence-corrected chi connectivity index (χ3v) is 12.2. The molecule has 0 radical (unpaired) electrons. The van der Waals surface area contributed by atoms with Gasteiger partial charge in [-0.05, 0) is 72.8 Å². The molecule has 0 aliphatic carbocycles. The van der Waals surface area contributed by atoms with Crippen LogP contribution in [0.5, 0.6) is 0 Å². The predicted molar refractivity (Wildman–Crippen MR) is 181 cm³/mol. The zero-order valence-electron chi connectivity index (χ0n) is 22.7. The largest absolute Gasteiger partial charge is 0.309 e. The first-order chi connectivity index (χ1) is 21.1. The molecule has 0 aromatic heterocycles. The van der Waals surface area contributed by atoms with Crippen molar-refractivity contribution in [2.24, 2.45) is 0 Å². The summed E-state index contributed by atoms with van der Waals surface area (Å²) in [6.45, 7) is 0. The van der Waals surface area contributed by atoms with E-state index < -0.39 is 7.14 Å². The quantitative estimate of drug-likeness (QED) is 0.185. The average Bonchev–Trinajstić information content (AvgIpc) is 3.02. The van der Waals surface area contributed by atoms with E-state index in [9.17, 15) is 0 Å². The van der Waals surface area contributed by atoms with E-state index in [1.165, 1.54) is 0 Å². The Morgan fingerprint density at radius 1 is 0.395 bits per heavy atom. The van der Waals surface area contributed by atoms with Gasteiger partial charge in [-0.25, -0.2) is 0 Å². The van der Waals surface area contributed by atoms with Gasteiger partial charge in [0.05, 0.1) is 50.0 Å². The zero-order chi connectivity index (χ0) is 28.9. The molecule has 43 heavy (non-hydrogen) atoms. The molecule has 0 spiro atoms. The van der Waals surface area contributed by atoms with Crippen molar-refractivity contribution in [3.8, 4) is 0 Å². The zero-order valence-corrected chi connectivity index (χ0v) is 25.1. The van der Waals surface area contributed by atoms with Crippen LogP contribution in [0.1, 0.15) is 0 Å². The van der Waals surface area contributed by atoms with Gasteiger partial charge < -0.3 is 19.3 Å². The maximum Gasteiger partial charge on any atom is 0.183 e. The topological polar surface area (TPSA) is 26.8 Å². The van der Waals surface area contributed by atoms with E-state index in [0.717, 1.165) is 67.1 Å². The molecule has 0 saturated carbocycles. The molecular formula is C36H22Cl2N3OP. The number of benzene rings is 6. The molecule has 0 atom stereocenters. The van der Waals surface area contributed by atoms with E-state index in [-0.39, 0.29) is 0 Å². The molecule has 3 aliphatic heterocycles. The Bertz CT molecular complexity index is 2030. The summed E-state index contributed by atoms with van der Waals surface area (Å²) < 4.78 is 16.4. The lowest BCUT2D eigenvalue weighted by Crippen LogP contribution is -2.47. The summed E-state index contributed by atoms with van der Waals surface area (Å²) in [5.41, 5.74) is 7.88. The molecule has 0 saturated heterocycles. The lowest BCUT2D eigenvalue weighted by molar-refractivity contribution is 0.592. The van der Waals surface area contributed by atoms with Gasteiger partial charge >= 0.3 is 0 Å². The summed E-state index contributed by atoms with van der Waals surface area (Å²) in [6, 6.07) is 44.6. The molecule has 4 nitrogen and oxygen atoms in total. The number of halogens is 2.